The van der Waals surface area contributed by atoms with E-state index >= 15 is 0 Å². The Morgan fingerprint density at radius 3 is 2.50 bits per heavy atom. The minimum Gasteiger partial charge on any atom is -0.388 e. The molecule has 0 heterocycles. The first-order chi connectivity index (χ1) is 9.41. The predicted molar refractivity (Wildman–Crippen MR) is 66.8 cm³/mol. The van der Waals surface area contributed by atoms with Gasteiger partial charge in [0.2, 0.25) is 0 Å². The zero-order chi connectivity index (χ0) is 14.8. The highest BCUT2D eigenvalue weighted by Gasteiger charge is 2.31. The highest BCUT2D eigenvalue weighted by molar-refractivity contribution is 5.89. The van der Waals surface area contributed by atoms with Crippen molar-refractivity contribution in [1.82, 2.24) is 5.32 Å². The molecule has 0 atom stereocenters. The molecule has 1 aromatic rings. The molecule has 110 valence electrons. The van der Waals surface area contributed by atoms with Crippen LogP contribution in [0.15, 0.2) is 12.1 Å². The Labute approximate surface area is 114 Å². The second kappa shape index (κ2) is 5.70. The predicted octanol–water partition coefficient (Wildman–Crippen LogP) is 2.53. The van der Waals surface area contributed by atoms with Gasteiger partial charge in [0, 0.05) is 6.54 Å². The summed E-state index contributed by atoms with van der Waals surface area (Å²) in [5, 5.41) is 14.5. The Balaban J connectivity index is 1.93. The zero-order valence-corrected chi connectivity index (χ0v) is 10.7. The standard InChI is InChI=1S/C13H15F3N2O2/c14-8-3-4-9(11(16)10(8)15)18-12(19)17-7-13(20)5-1-2-6-13/h3-4,20H,1-2,5-7H2,(H2,17,18,19). The average molecular weight is 288 g/mol. The summed E-state index contributed by atoms with van der Waals surface area (Å²) in [5.74, 6) is -4.43. The van der Waals surface area contributed by atoms with Crippen LogP contribution in [-0.4, -0.2) is 23.3 Å². The molecule has 2 amide bonds. The van der Waals surface area contributed by atoms with Crippen molar-refractivity contribution in [3.05, 3.63) is 29.6 Å². The molecule has 0 aromatic heterocycles. The molecule has 1 fully saturated rings. The van der Waals surface area contributed by atoms with Gasteiger partial charge in [0.05, 0.1) is 11.3 Å². The van der Waals surface area contributed by atoms with Gasteiger partial charge in [-0.3, -0.25) is 0 Å². The maximum Gasteiger partial charge on any atom is 0.319 e. The molecule has 3 N–H and O–H groups in total. The van der Waals surface area contributed by atoms with Crippen molar-refractivity contribution in [2.45, 2.75) is 31.3 Å². The Morgan fingerprint density at radius 2 is 1.85 bits per heavy atom. The van der Waals surface area contributed by atoms with Crippen LogP contribution in [0.4, 0.5) is 23.7 Å². The molecule has 0 bridgehead atoms. The Hall–Kier alpha value is -1.76. The summed E-state index contributed by atoms with van der Waals surface area (Å²) in [6.07, 6.45) is 2.95. The number of urea groups is 1. The lowest BCUT2D eigenvalue weighted by molar-refractivity contribution is 0.0506. The second-order valence-electron chi connectivity index (χ2n) is 4.96. The molecule has 2 rings (SSSR count). The Bertz CT molecular complexity index is 517. The van der Waals surface area contributed by atoms with Crippen LogP contribution >= 0.6 is 0 Å². The molecule has 1 aliphatic carbocycles. The average Bonchev–Trinajstić information content (AvgIpc) is 2.85. The lowest BCUT2D eigenvalue weighted by Gasteiger charge is -2.22. The van der Waals surface area contributed by atoms with Crippen molar-refractivity contribution in [2.24, 2.45) is 0 Å². The van der Waals surface area contributed by atoms with E-state index in [1.54, 1.807) is 0 Å². The first-order valence-electron chi connectivity index (χ1n) is 6.32. The monoisotopic (exact) mass is 288 g/mol. The van der Waals surface area contributed by atoms with Crippen LogP contribution in [0, 0.1) is 17.5 Å². The van der Waals surface area contributed by atoms with Crippen molar-refractivity contribution in [1.29, 1.82) is 0 Å². The summed E-state index contributed by atoms with van der Waals surface area (Å²) in [4.78, 5) is 11.5. The summed E-state index contributed by atoms with van der Waals surface area (Å²) in [7, 11) is 0. The van der Waals surface area contributed by atoms with Gasteiger partial charge in [-0.1, -0.05) is 12.8 Å². The van der Waals surface area contributed by atoms with Crippen LogP contribution in [0.25, 0.3) is 0 Å². The van der Waals surface area contributed by atoms with Crippen molar-refractivity contribution >= 4 is 11.7 Å². The van der Waals surface area contributed by atoms with Gasteiger partial charge < -0.3 is 15.7 Å². The number of aliphatic hydroxyl groups is 1. The third kappa shape index (κ3) is 3.22. The minimum atomic E-state index is -1.64. The fourth-order valence-electron chi connectivity index (χ4n) is 2.24. The number of hydrogen-bond donors (Lipinski definition) is 3. The van der Waals surface area contributed by atoms with Gasteiger partial charge in [-0.25, -0.2) is 18.0 Å². The Morgan fingerprint density at radius 1 is 1.20 bits per heavy atom. The van der Waals surface area contributed by atoms with E-state index in [9.17, 15) is 23.1 Å². The van der Waals surface area contributed by atoms with Crippen LogP contribution in [0.1, 0.15) is 25.7 Å². The summed E-state index contributed by atoms with van der Waals surface area (Å²) >= 11 is 0. The number of carbonyl (C=O) groups excluding carboxylic acids is 1. The number of amides is 2. The van der Waals surface area contributed by atoms with Crippen molar-refractivity contribution < 1.29 is 23.1 Å². The van der Waals surface area contributed by atoms with E-state index in [4.69, 9.17) is 0 Å². The van der Waals surface area contributed by atoms with E-state index in [0.717, 1.165) is 25.0 Å². The van der Waals surface area contributed by atoms with Crippen LogP contribution in [0.5, 0.6) is 0 Å². The maximum atomic E-state index is 13.3. The first-order valence-corrected chi connectivity index (χ1v) is 6.32. The number of hydrogen-bond acceptors (Lipinski definition) is 2. The lowest BCUT2D eigenvalue weighted by atomic mass is 10.0. The number of carbonyl (C=O) groups is 1. The molecule has 1 aromatic carbocycles. The molecule has 0 radical (unpaired) electrons. The van der Waals surface area contributed by atoms with E-state index in [-0.39, 0.29) is 6.54 Å². The topological polar surface area (TPSA) is 61.4 Å². The smallest absolute Gasteiger partial charge is 0.319 e. The van der Waals surface area contributed by atoms with Gasteiger partial charge in [0.15, 0.2) is 17.5 Å². The second-order valence-corrected chi connectivity index (χ2v) is 4.96. The molecule has 0 saturated heterocycles. The van der Waals surface area contributed by atoms with Gasteiger partial charge in [0.25, 0.3) is 0 Å². The Kier molecular flexibility index (Phi) is 4.17. The van der Waals surface area contributed by atoms with Gasteiger partial charge in [0.1, 0.15) is 0 Å². The van der Waals surface area contributed by atoms with E-state index < -0.39 is 34.8 Å². The molecule has 0 unspecified atom stereocenters. The lowest BCUT2D eigenvalue weighted by Crippen LogP contribution is -2.42. The molecule has 0 aliphatic heterocycles. The number of benzene rings is 1. The summed E-state index contributed by atoms with van der Waals surface area (Å²) < 4.78 is 39.0. The number of halogens is 3. The van der Waals surface area contributed by atoms with Crippen LogP contribution < -0.4 is 10.6 Å². The van der Waals surface area contributed by atoms with Gasteiger partial charge in [-0.2, -0.15) is 0 Å². The summed E-state index contributed by atoms with van der Waals surface area (Å²) in [6.45, 7) is 0.0319. The van der Waals surface area contributed by atoms with E-state index in [2.05, 4.69) is 10.6 Å². The van der Waals surface area contributed by atoms with E-state index in [0.29, 0.717) is 12.8 Å². The third-order valence-corrected chi connectivity index (χ3v) is 3.40. The van der Waals surface area contributed by atoms with E-state index in [1.165, 1.54) is 0 Å². The molecular formula is C13H15F3N2O2. The normalized spacial score (nSPS) is 17.0. The molecule has 20 heavy (non-hydrogen) atoms. The molecule has 1 aliphatic rings. The SMILES string of the molecule is O=C(NCC1(O)CCCC1)Nc1ccc(F)c(F)c1F. The number of rotatable bonds is 3. The largest absolute Gasteiger partial charge is 0.388 e. The highest BCUT2D eigenvalue weighted by atomic mass is 19.2. The highest BCUT2D eigenvalue weighted by Crippen LogP contribution is 2.28. The molecular weight excluding hydrogens is 273 g/mol. The minimum absolute atomic E-state index is 0.0319. The number of anilines is 1. The van der Waals surface area contributed by atoms with Crippen molar-refractivity contribution in [3.8, 4) is 0 Å². The molecule has 1 saturated carbocycles. The van der Waals surface area contributed by atoms with Crippen LogP contribution in [0.2, 0.25) is 0 Å². The third-order valence-electron chi connectivity index (χ3n) is 3.40. The van der Waals surface area contributed by atoms with E-state index in [1.807, 2.05) is 0 Å². The van der Waals surface area contributed by atoms with Crippen molar-refractivity contribution in [3.63, 3.8) is 0 Å². The van der Waals surface area contributed by atoms with Gasteiger partial charge in [-0.05, 0) is 25.0 Å². The van der Waals surface area contributed by atoms with Crippen molar-refractivity contribution in [2.75, 3.05) is 11.9 Å². The van der Waals surface area contributed by atoms with Crippen LogP contribution in [-0.2, 0) is 0 Å². The summed E-state index contributed by atoms with van der Waals surface area (Å²) in [5.41, 5.74) is -1.40. The van der Waals surface area contributed by atoms with Crippen LogP contribution in [0.3, 0.4) is 0 Å². The molecule has 7 heteroatoms. The zero-order valence-electron chi connectivity index (χ0n) is 10.7. The molecule has 4 nitrogen and oxygen atoms in total. The molecule has 0 spiro atoms. The fourth-order valence-corrected chi connectivity index (χ4v) is 2.24. The summed E-state index contributed by atoms with van der Waals surface area (Å²) in [6, 6.07) is 0.867. The quantitative estimate of drug-likeness (QED) is 0.748. The number of nitrogens with one attached hydrogen (secondary N) is 2. The first kappa shape index (κ1) is 14.6. The fraction of sp³-hybridized carbons (Fsp3) is 0.462. The maximum absolute atomic E-state index is 13.3. The van der Waals surface area contributed by atoms with Gasteiger partial charge >= 0.3 is 6.03 Å². The van der Waals surface area contributed by atoms with Gasteiger partial charge in [-0.15, -0.1) is 0 Å².